The fourth-order valence-corrected chi connectivity index (χ4v) is 3.83. The molecule has 0 aliphatic carbocycles. The van der Waals surface area contributed by atoms with Crippen LogP contribution in [0.25, 0.3) is 0 Å². The Morgan fingerprint density at radius 3 is 2.61 bits per heavy atom. The van der Waals surface area contributed by atoms with Crippen LogP contribution < -0.4 is 15.4 Å². The van der Waals surface area contributed by atoms with Crippen molar-refractivity contribution in [2.24, 2.45) is 0 Å². The second-order valence-corrected chi connectivity index (χ2v) is 7.34. The van der Waals surface area contributed by atoms with E-state index in [2.05, 4.69) is 10.6 Å². The second kappa shape index (κ2) is 8.02. The lowest BCUT2D eigenvalue weighted by Crippen LogP contribution is -2.43. The Hall–Kier alpha value is -2.86. The molecule has 2 aliphatic rings. The number of hydrogen-bond donors (Lipinski definition) is 2. The first-order chi connectivity index (χ1) is 13.6. The molecule has 28 heavy (non-hydrogen) atoms. The van der Waals surface area contributed by atoms with Crippen molar-refractivity contribution in [1.29, 1.82) is 0 Å². The maximum Gasteiger partial charge on any atom is 0.265 e. The number of nitrogens with zero attached hydrogens (tertiary/aromatic N) is 1. The summed E-state index contributed by atoms with van der Waals surface area (Å²) in [4.78, 5) is 27.3. The fourth-order valence-electron chi connectivity index (χ4n) is 3.83. The lowest BCUT2D eigenvalue weighted by atomic mass is 10.0. The third kappa shape index (κ3) is 3.87. The molecular formula is C22H25N3O3. The van der Waals surface area contributed by atoms with E-state index < -0.39 is 6.10 Å². The van der Waals surface area contributed by atoms with Gasteiger partial charge in [-0.1, -0.05) is 24.3 Å². The zero-order chi connectivity index (χ0) is 19.5. The van der Waals surface area contributed by atoms with E-state index in [0.29, 0.717) is 23.7 Å². The van der Waals surface area contributed by atoms with E-state index >= 15 is 0 Å². The average Bonchev–Trinajstić information content (AvgIpc) is 3.18. The van der Waals surface area contributed by atoms with Gasteiger partial charge in [-0.05, 0) is 49.7 Å². The number of benzene rings is 2. The van der Waals surface area contributed by atoms with E-state index in [4.69, 9.17) is 4.74 Å². The molecule has 1 saturated heterocycles. The summed E-state index contributed by atoms with van der Waals surface area (Å²) >= 11 is 0. The number of piperidine rings is 1. The van der Waals surface area contributed by atoms with Gasteiger partial charge in [-0.25, -0.2) is 0 Å². The number of carbonyl (C=O) groups excluding carboxylic acids is 2. The molecule has 2 aromatic carbocycles. The van der Waals surface area contributed by atoms with Crippen molar-refractivity contribution in [3.63, 3.8) is 0 Å². The molecule has 6 nitrogen and oxygen atoms in total. The maximum atomic E-state index is 12.8. The molecule has 146 valence electrons. The minimum atomic E-state index is -0.544. The van der Waals surface area contributed by atoms with Crippen LogP contribution in [0.5, 0.6) is 5.75 Å². The van der Waals surface area contributed by atoms with Crippen LogP contribution in [-0.2, 0) is 11.2 Å². The number of fused-ring (bicyclic) bond motifs is 1. The largest absolute Gasteiger partial charge is 0.480 e. The number of para-hydroxylation sites is 1. The van der Waals surface area contributed by atoms with Gasteiger partial charge in [-0.2, -0.15) is 0 Å². The zero-order valence-electron chi connectivity index (χ0n) is 16.0. The molecule has 2 N–H and O–H groups in total. The van der Waals surface area contributed by atoms with E-state index in [1.807, 2.05) is 36.2 Å². The van der Waals surface area contributed by atoms with Gasteiger partial charge < -0.3 is 20.3 Å². The minimum absolute atomic E-state index is 0.00942. The standard InChI is InChI=1S/C22H25N3O3/c1-23-17-9-11-25(12-10-17)22(27)16-6-4-7-18(13-16)24-21(26)20-14-15-5-2-3-8-19(15)28-20/h2-8,13,17,20,23H,9-12,14H2,1H3,(H,24,26). The Morgan fingerprint density at radius 1 is 1.07 bits per heavy atom. The fraction of sp³-hybridized carbons (Fsp3) is 0.364. The summed E-state index contributed by atoms with van der Waals surface area (Å²) < 4.78 is 5.74. The Kier molecular flexibility index (Phi) is 5.30. The van der Waals surface area contributed by atoms with Crippen LogP contribution in [0, 0.1) is 0 Å². The topological polar surface area (TPSA) is 70.7 Å². The van der Waals surface area contributed by atoms with Gasteiger partial charge in [0.2, 0.25) is 0 Å². The highest BCUT2D eigenvalue weighted by molar-refractivity contribution is 5.98. The Bertz CT molecular complexity index is 850. The number of nitrogens with one attached hydrogen (secondary N) is 2. The van der Waals surface area contributed by atoms with Crippen LogP contribution in [0.2, 0.25) is 0 Å². The van der Waals surface area contributed by atoms with Crippen molar-refractivity contribution >= 4 is 17.5 Å². The molecule has 0 bridgehead atoms. The molecule has 2 amide bonds. The van der Waals surface area contributed by atoms with Gasteiger partial charge in [0, 0.05) is 36.8 Å². The predicted octanol–water partition coefficient (Wildman–Crippen LogP) is 2.45. The Balaban J connectivity index is 1.39. The van der Waals surface area contributed by atoms with Crippen LogP contribution in [0.4, 0.5) is 5.69 Å². The van der Waals surface area contributed by atoms with E-state index in [0.717, 1.165) is 37.2 Å². The zero-order valence-corrected chi connectivity index (χ0v) is 16.0. The van der Waals surface area contributed by atoms with Crippen LogP contribution in [0.3, 0.4) is 0 Å². The van der Waals surface area contributed by atoms with E-state index in [1.165, 1.54) is 0 Å². The van der Waals surface area contributed by atoms with Crippen LogP contribution in [0.1, 0.15) is 28.8 Å². The molecule has 0 radical (unpaired) electrons. The summed E-state index contributed by atoms with van der Waals surface area (Å²) in [5, 5.41) is 6.16. The Labute approximate surface area is 164 Å². The predicted molar refractivity (Wildman–Crippen MR) is 108 cm³/mol. The molecule has 1 atom stereocenters. The quantitative estimate of drug-likeness (QED) is 0.856. The monoisotopic (exact) mass is 379 g/mol. The van der Waals surface area contributed by atoms with Crippen molar-refractivity contribution in [3.8, 4) is 5.75 Å². The average molecular weight is 379 g/mol. The molecular weight excluding hydrogens is 354 g/mol. The molecule has 0 aromatic heterocycles. The van der Waals surface area contributed by atoms with Crippen molar-refractivity contribution in [3.05, 3.63) is 59.7 Å². The van der Waals surface area contributed by atoms with Gasteiger partial charge >= 0.3 is 0 Å². The van der Waals surface area contributed by atoms with Crippen molar-refractivity contribution in [1.82, 2.24) is 10.2 Å². The molecule has 2 heterocycles. The highest BCUT2D eigenvalue weighted by atomic mass is 16.5. The van der Waals surface area contributed by atoms with Gasteiger partial charge in [0.15, 0.2) is 6.10 Å². The van der Waals surface area contributed by atoms with Gasteiger partial charge in [0.1, 0.15) is 5.75 Å². The van der Waals surface area contributed by atoms with Crippen LogP contribution in [0.15, 0.2) is 48.5 Å². The molecule has 2 aliphatic heterocycles. The number of hydrogen-bond acceptors (Lipinski definition) is 4. The third-order valence-corrected chi connectivity index (χ3v) is 5.51. The normalized spacial score (nSPS) is 19.0. The summed E-state index contributed by atoms with van der Waals surface area (Å²) in [5.74, 6) is 0.572. The summed E-state index contributed by atoms with van der Waals surface area (Å²) in [7, 11) is 1.96. The van der Waals surface area contributed by atoms with E-state index in [9.17, 15) is 9.59 Å². The second-order valence-electron chi connectivity index (χ2n) is 7.34. The SMILES string of the molecule is CNC1CCN(C(=O)c2cccc(NC(=O)C3Cc4ccccc4O3)c2)CC1. The molecule has 0 spiro atoms. The minimum Gasteiger partial charge on any atom is -0.480 e. The molecule has 1 fully saturated rings. The van der Waals surface area contributed by atoms with Crippen LogP contribution in [-0.4, -0.2) is 49.0 Å². The number of likely N-dealkylation sites (tertiary alicyclic amines) is 1. The molecule has 2 aromatic rings. The Morgan fingerprint density at radius 2 is 1.86 bits per heavy atom. The lowest BCUT2D eigenvalue weighted by Gasteiger charge is -2.32. The van der Waals surface area contributed by atoms with Gasteiger partial charge in [-0.3, -0.25) is 9.59 Å². The van der Waals surface area contributed by atoms with Gasteiger partial charge in [-0.15, -0.1) is 0 Å². The third-order valence-electron chi connectivity index (χ3n) is 5.51. The summed E-state index contributed by atoms with van der Waals surface area (Å²) in [5.41, 5.74) is 2.24. The first kappa shape index (κ1) is 18.5. The first-order valence-corrected chi connectivity index (χ1v) is 9.76. The van der Waals surface area contributed by atoms with E-state index in [-0.39, 0.29) is 11.8 Å². The smallest absolute Gasteiger partial charge is 0.265 e. The molecule has 4 rings (SSSR count). The summed E-state index contributed by atoms with van der Waals surface area (Å²) in [6, 6.07) is 15.3. The number of ether oxygens (including phenoxy) is 1. The number of carbonyl (C=O) groups is 2. The van der Waals surface area contributed by atoms with Crippen molar-refractivity contribution < 1.29 is 14.3 Å². The number of amides is 2. The molecule has 1 unspecified atom stereocenters. The first-order valence-electron chi connectivity index (χ1n) is 9.76. The highest BCUT2D eigenvalue weighted by Crippen LogP contribution is 2.28. The van der Waals surface area contributed by atoms with Crippen LogP contribution >= 0.6 is 0 Å². The van der Waals surface area contributed by atoms with Gasteiger partial charge in [0.25, 0.3) is 11.8 Å². The molecule has 6 heteroatoms. The summed E-state index contributed by atoms with van der Waals surface area (Å²) in [6.45, 7) is 1.49. The van der Waals surface area contributed by atoms with Gasteiger partial charge in [0.05, 0.1) is 0 Å². The highest BCUT2D eigenvalue weighted by Gasteiger charge is 2.29. The lowest BCUT2D eigenvalue weighted by molar-refractivity contribution is -0.122. The van der Waals surface area contributed by atoms with Crippen molar-refractivity contribution in [2.75, 3.05) is 25.5 Å². The number of rotatable bonds is 4. The van der Waals surface area contributed by atoms with E-state index in [1.54, 1.807) is 24.3 Å². The van der Waals surface area contributed by atoms with Crippen molar-refractivity contribution in [2.45, 2.75) is 31.4 Å². The molecule has 0 saturated carbocycles. The number of anilines is 1. The summed E-state index contributed by atoms with van der Waals surface area (Å²) in [6.07, 6.45) is 1.93. The maximum absolute atomic E-state index is 12.8.